The van der Waals surface area contributed by atoms with Gasteiger partial charge in [-0.15, -0.1) is 0 Å². The number of hydrogen-bond acceptors (Lipinski definition) is 3. The van der Waals surface area contributed by atoms with Crippen molar-refractivity contribution in [3.63, 3.8) is 0 Å². The number of halogens is 1. The third kappa shape index (κ3) is 3.87. The van der Waals surface area contributed by atoms with Crippen molar-refractivity contribution in [2.75, 3.05) is 26.3 Å². The van der Waals surface area contributed by atoms with E-state index in [4.69, 9.17) is 16.3 Å². The minimum absolute atomic E-state index is 0.174. The first-order valence-corrected chi connectivity index (χ1v) is 8.75. The highest BCUT2D eigenvalue weighted by atomic mass is 35.5. The summed E-state index contributed by atoms with van der Waals surface area (Å²) in [5, 5.41) is 10.9. The van der Waals surface area contributed by atoms with Crippen molar-refractivity contribution in [1.29, 1.82) is 0 Å². The molecule has 2 aliphatic rings. The van der Waals surface area contributed by atoms with Gasteiger partial charge in [-0.2, -0.15) is 0 Å². The Morgan fingerprint density at radius 1 is 1.22 bits per heavy atom. The third-order valence-corrected chi connectivity index (χ3v) is 5.71. The molecule has 2 heterocycles. The lowest BCUT2D eigenvalue weighted by Crippen LogP contribution is -2.48. The first kappa shape index (κ1) is 16.7. The van der Waals surface area contributed by atoms with E-state index in [0.717, 1.165) is 57.6 Å². The number of nitrogens with zero attached hydrogens (tertiary/aromatic N) is 1. The zero-order valence-electron chi connectivity index (χ0n) is 13.3. The molecular formula is C18H24ClNO3. The van der Waals surface area contributed by atoms with Crippen LogP contribution in [0.15, 0.2) is 24.3 Å². The van der Waals surface area contributed by atoms with Crippen LogP contribution < -0.4 is 0 Å². The van der Waals surface area contributed by atoms with Crippen LogP contribution in [0.3, 0.4) is 0 Å². The standard InChI is InChI=1S/C18H24ClNO3/c19-15-4-2-1-3-14(15)13-16(21)17(22)20-9-5-18(6-10-20)7-11-23-12-8-18/h1-4,16,21H,5-13H2. The van der Waals surface area contributed by atoms with Crippen LogP contribution in [0.4, 0.5) is 0 Å². The van der Waals surface area contributed by atoms with Gasteiger partial charge in [-0.05, 0) is 42.7 Å². The van der Waals surface area contributed by atoms with Crippen molar-refractivity contribution in [2.45, 2.75) is 38.2 Å². The fourth-order valence-corrected chi connectivity index (χ4v) is 3.89. The van der Waals surface area contributed by atoms with Crippen molar-refractivity contribution in [1.82, 2.24) is 4.90 Å². The maximum Gasteiger partial charge on any atom is 0.251 e. The van der Waals surface area contributed by atoms with Crippen molar-refractivity contribution in [3.8, 4) is 0 Å². The fraction of sp³-hybridized carbons (Fsp3) is 0.611. The van der Waals surface area contributed by atoms with Crippen LogP contribution in [0.25, 0.3) is 0 Å². The average molecular weight is 338 g/mol. The molecule has 1 aromatic rings. The monoisotopic (exact) mass is 337 g/mol. The minimum Gasteiger partial charge on any atom is -0.383 e. The van der Waals surface area contributed by atoms with E-state index in [1.54, 1.807) is 6.07 Å². The molecule has 4 nitrogen and oxygen atoms in total. The van der Waals surface area contributed by atoms with E-state index < -0.39 is 6.10 Å². The maximum atomic E-state index is 12.5. The SMILES string of the molecule is O=C(C(O)Cc1ccccc1Cl)N1CCC2(CCOCC2)CC1. The first-order chi connectivity index (χ1) is 11.1. The summed E-state index contributed by atoms with van der Waals surface area (Å²) in [4.78, 5) is 14.3. The van der Waals surface area contributed by atoms with Crippen molar-refractivity contribution in [2.24, 2.45) is 5.41 Å². The lowest BCUT2D eigenvalue weighted by Gasteiger charge is -2.44. The maximum absolute atomic E-state index is 12.5. The van der Waals surface area contributed by atoms with E-state index in [-0.39, 0.29) is 12.3 Å². The molecule has 23 heavy (non-hydrogen) atoms. The van der Waals surface area contributed by atoms with Gasteiger partial charge in [0.2, 0.25) is 0 Å². The number of carbonyl (C=O) groups excluding carboxylic acids is 1. The second kappa shape index (κ2) is 7.20. The number of aliphatic hydroxyl groups is 1. The quantitative estimate of drug-likeness (QED) is 0.922. The number of aliphatic hydroxyl groups excluding tert-OH is 1. The second-order valence-corrected chi connectivity index (χ2v) is 7.16. The molecule has 0 saturated carbocycles. The molecule has 3 rings (SSSR count). The molecule has 5 heteroatoms. The Bertz CT molecular complexity index is 547. The highest BCUT2D eigenvalue weighted by Crippen LogP contribution is 2.40. The lowest BCUT2D eigenvalue weighted by molar-refractivity contribution is -0.143. The number of likely N-dealkylation sites (tertiary alicyclic amines) is 1. The number of rotatable bonds is 3. The van der Waals surface area contributed by atoms with Crippen LogP contribution in [0, 0.1) is 5.41 Å². The number of ether oxygens (including phenoxy) is 1. The van der Waals surface area contributed by atoms with E-state index in [9.17, 15) is 9.90 Å². The summed E-state index contributed by atoms with van der Waals surface area (Å²) < 4.78 is 5.45. The topological polar surface area (TPSA) is 49.8 Å². The highest BCUT2D eigenvalue weighted by Gasteiger charge is 2.38. The van der Waals surface area contributed by atoms with Crippen molar-refractivity contribution in [3.05, 3.63) is 34.9 Å². The van der Waals surface area contributed by atoms with Crippen LogP contribution in [0.5, 0.6) is 0 Å². The molecule has 1 aromatic carbocycles. The lowest BCUT2D eigenvalue weighted by atomic mass is 9.72. The number of benzene rings is 1. The predicted molar refractivity (Wildman–Crippen MR) is 89.5 cm³/mol. The number of piperidine rings is 1. The Labute approximate surface area is 142 Å². The molecule has 1 N–H and O–H groups in total. The average Bonchev–Trinajstić information content (AvgIpc) is 2.58. The summed E-state index contributed by atoms with van der Waals surface area (Å²) in [6, 6.07) is 7.35. The molecule has 1 atom stereocenters. The van der Waals surface area contributed by atoms with Gasteiger partial charge in [0.25, 0.3) is 5.91 Å². The summed E-state index contributed by atoms with van der Waals surface area (Å²) in [5.41, 5.74) is 1.16. The number of hydrogen-bond donors (Lipinski definition) is 1. The molecule has 1 amide bonds. The highest BCUT2D eigenvalue weighted by molar-refractivity contribution is 6.31. The van der Waals surface area contributed by atoms with Gasteiger partial charge in [0.05, 0.1) is 0 Å². The summed E-state index contributed by atoms with van der Waals surface area (Å²) in [5.74, 6) is -0.174. The number of amides is 1. The van der Waals surface area contributed by atoms with Gasteiger partial charge in [-0.1, -0.05) is 29.8 Å². The molecule has 2 saturated heterocycles. The van der Waals surface area contributed by atoms with Crippen LogP contribution in [-0.2, 0) is 16.0 Å². The normalized spacial score (nSPS) is 22.1. The Kier molecular flexibility index (Phi) is 5.24. The van der Waals surface area contributed by atoms with Gasteiger partial charge >= 0.3 is 0 Å². The van der Waals surface area contributed by atoms with Gasteiger partial charge in [0.1, 0.15) is 6.10 Å². The zero-order valence-corrected chi connectivity index (χ0v) is 14.1. The molecule has 0 aliphatic carbocycles. The van der Waals surface area contributed by atoms with E-state index >= 15 is 0 Å². The molecule has 0 bridgehead atoms. The van der Waals surface area contributed by atoms with E-state index in [0.29, 0.717) is 10.4 Å². The molecule has 0 radical (unpaired) electrons. The Morgan fingerprint density at radius 3 is 2.52 bits per heavy atom. The largest absolute Gasteiger partial charge is 0.383 e. The van der Waals surface area contributed by atoms with Crippen molar-refractivity contribution >= 4 is 17.5 Å². The van der Waals surface area contributed by atoms with Crippen molar-refractivity contribution < 1.29 is 14.6 Å². The molecule has 0 aromatic heterocycles. The van der Waals surface area contributed by atoms with Gasteiger partial charge < -0.3 is 14.7 Å². The summed E-state index contributed by atoms with van der Waals surface area (Å²) in [7, 11) is 0. The Morgan fingerprint density at radius 2 is 1.87 bits per heavy atom. The van der Waals surface area contributed by atoms with Crippen LogP contribution in [-0.4, -0.2) is 48.3 Å². The van der Waals surface area contributed by atoms with Gasteiger partial charge in [-0.25, -0.2) is 0 Å². The zero-order chi connectivity index (χ0) is 16.3. The summed E-state index contributed by atoms with van der Waals surface area (Å²) >= 11 is 6.11. The number of carbonyl (C=O) groups is 1. The molecule has 1 unspecified atom stereocenters. The van der Waals surface area contributed by atoms with Gasteiger partial charge in [0, 0.05) is 37.7 Å². The minimum atomic E-state index is -1.02. The van der Waals surface area contributed by atoms with Crippen LogP contribution in [0.2, 0.25) is 5.02 Å². The molecule has 126 valence electrons. The van der Waals surface area contributed by atoms with E-state index in [1.165, 1.54) is 0 Å². The van der Waals surface area contributed by atoms with Gasteiger partial charge in [0.15, 0.2) is 0 Å². The van der Waals surface area contributed by atoms with Gasteiger partial charge in [-0.3, -0.25) is 4.79 Å². The third-order valence-electron chi connectivity index (χ3n) is 5.35. The molecule has 2 aliphatic heterocycles. The van der Waals surface area contributed by atoms with E-state index in [1.807, 2.05) is 23.1 Å². The Hall–Kier alpha value is -1.10. The summed E-state index contributed by atoms with van der Waals surface area (Å²) in [6.07, 6.45) is 3.48. The predicted octanol–water partition coefficient (Wildman–Crippen LogP) is 2.66. The molecular weight excluding hydrogens is 314 g/mol. The van der Waals surface area contributed by atoms with Crippen LogP contribution >= 0.6 is 11.6 Å². The fourth-order valence-electron chi connectivity index (χ4n) is 3.68. The summed E-state index contributed by atoms with van der Waals surface area (Å²) in [6.45, 7) is 3.14. The van der Waals surface area contributed by atoms with E-state index in [2.05, 4.69) is 0 Å². The second-order valence-electron chi connectivity index (χ2n) is 6.75. The Balaban J connectivity index is 1.55. The van der Waals surface area contributed by atoms with Crippen LogP contribution in [0.1, 0.15) is 31.2 Å². The smallest absolute Gasteiger partial charge is 0.251 e. The molecule has 2 fully saturated rings. The molecule has 1 spiro atoms. The first-order valence-electron chi connectivity index (χ1n) is 8.38.